The van der Waals surface area contributed by atoms with E-state index in [1.165, 1.54) is 0 Å². The predicted octanol–water partition coefficient (Wildman–Crippen LogP) is 2.51. The van der Waals surface area contributed by atoms with Gasteiger partial charge in [-0.1, -0.05) is 30.3 Å². The first-order chi connectivity index (χ1) is 11.3. The maximum Gasteiger partial charge on any atom is 0.250 e. The largest absolute Gasteiger partial charge is 0.457 e. The van der Waals surface area contributed by atoms with E-state index in [4.69, 9.17) is 9.47 Å². The van der Waals surface area contributed by atoms with Gasteiger partial charge in [0.15, 0.2) is 0 Å². The molecule has 1 aliphatic heterocycles. The molecule has 0 spiro atoms. The first kappa shape index (κ1) is 18.3. The fourth-order valence-electron chi connectivity index (χ4n) is 2.38. The van der Waals surface area contributed by atoms with Crippen molar-refractivity contribution >= 4 is 18.3 Å². The Morgan fingerprint density at radius 1 is 1.17 bits per heavy atom. The second-order valence-electron chi connectivity index (χ2n) is 5.34. The molecule has 128 valence electrons. The minimum absolute atomic E-state index is 0. The van der Waals surface area contributed by atoms with Gasteiger partial charge in [0, 0.05) is 19.6 Å². The van der Waals surface area contributed by atoms with Crippen LogP contribution in [0.2, 0.25) is 0 Å². The average Bonchev–Trinajstić information content (AvgIpc) is 2.62. The maximum absolute atomic E-state index is 12.0. The second kappa shape index (κ2) is 9.27. The van der Waals surface area contributed by atoms with Gasteiger partial charge < -0.3 is 20.1 Å². The molecule has 1 heterocycles. The third-order valence-corrected chi connectivity index (χ3v) is 3.56. The van der Waals surface area contributed by atoms with Crippen LogP contribution < -0.4 is 15.4 Å². The lowest BCUT2D eigenvalue weighted by atomic mass is 10.2. The molecule has 2 N–H and O–H groups in total. The highest BCUT2D eigenvalue weighted by Crippen LogP contribution is 2.21. The lowest BCUT2D eigenvalue weighted by molar-refractivity contribution is -0.134. The first-order valence-electron chi connectivity index (χ1n) is 7.73. The van der Waals surface area contributed by atoms with E-state index in [2.05, 4.69) is 10.6 Å². The third-order valence-electron chi connectivity index (χ3n) is 3.56. The van der Waals surface area contributed by atoms with Gasteiger partial charge in [0.25, 0.3) is 5.91 Å². The first-order valence-corrected chi connectivity index (χ1v) is 7.73. The standard InChI is InChI=1S/C18H20N2O3.ClH/c21-18(17-13-19-9-10-22-17)20-12-14-5-4-8-16(11-14)23-15-6-2-1-3-7-15;/h1-8,11,17,19H,9-10,12-13H2,(H,20,21);1H. The van der Waals surface area contributed by atoms with Crippen molar-refractivity contribution in [1.29, 1.82) is 0 Å². The molecule has 3 rings (SSSR count). The van der Waals surface area contributed by atoms with Crippen LogP contribution >= 0.6 is 12.4 Å². The van der Waals surface area contributed by atoms with E-state index in [0.29, 0.717) is 19.7 Å². The summed E-state index contributed by atoms with van der Waals surface area (Å²) in [4.78, 5) is 12.0. The molecule has 1 atom stereocenters. The minimum Gasteiger partial charge on any atom is -0.457 e. The van der Waals surface area contributed by atoms with Crippen LogP contribution in [0.4, 0.5) is 0 Å². The summed E-state index contributed by atoms with van der Waals surface area (Å²) in [6, 6.07) is 17.3. The Kier molecular flexibility index (Phi) is 7.06. The van der Waals surface area contributed by atoms with Crippen molar-refractivity contribution in [3.05, 3.63) is 60.2 Å². The van der Waals surface area contributed by atoms with E-state index in [0.717, 1.165) is 23.6 Å². The number of amides is 1. The molecule has 2 aromatic rings. The van der Waals surface area contributed by atoms with Gasteiger partial charge in [0.2, 0.25) is 0 Å². The molecule has 1 amide bonds. The molecule has 24 heavy (non-hydrogen) atoms. The molecule has 1 saturated heterocycles. The van der Waals surface area contributed by atoms with Crippen molar-refractivity contribution in [3.63, 3.8) is 0 Å². The van der Waals surface area contributed by atoms with Gasteiger partial charge in [-0.15, -0.1) is 12.4 Å². The summed E-state index contributed by atoms with van der Waals surface area (Å²) < 4.78 is 11.2. The Morgan fingerprint density at radius 2 is 1.96 bits per heavy atom. The molecule has 0 aromatic heterocycles. The lowest BCUT2D eigenvalue weighted by Crippen LogP contribution is -2.47. The Balaban J connectivity index is 0.00000208. The molecule has 1 aliphatic rings. The molecule has 0 saturated carbocycles. The fraction of sp³-hybridized carbons (Fsp3) is 0.278. The zero-order valence-corrected chi connectivity index (χ0v) is 14.1. The summed E-state index contributed by atoms with van der Waals surface area (Å²) in [7, 11) is 0. The van der Waals surface area contributed by atoms with E-state index in [1.807, 2.05) is 54.6 Å². The van der Waals surface area contributed by atoms with Crippen LogP contribution in [0.15, 0.2) is 54.6 Å². The highest BCUT2D eigenvalue weighted by atomic mass is 35.5. The van der Waals surface area contributed by atoms with E-state index < -0.39 is 6.10 Å². The van der Waals surface area contributed by atoms with Crippen molar-refractivity contribution in [2.45, 2.75) is 12.6 Å². The molecular formula is C18H21ClN2O3. The van der Waals surface area contributed by atoms with Gasteiger partial charge in [0.05, 0.1) is 6.61 Å². The Bertz CT molecular complexity index is 646. The summed E-state index contributed by atoms with van der Waals surface area (Å²) in [6.07, 6.45) is -0.410. The zero-order valence-electron chi connectivity index (χ0n) is 13.2. The number of hydrogen-bond donors (Lipinski definition) is 2. The SMILES string of the molecule is Cl.O=C(NCc1cccc(Oc2ccccc2)c1)C1CNCCO1. The van der Waals surface area contributed by atoms with E-state index >= 15 is 0 Å². The van der Waals surface area contributed by atoms with Gasteiger partial charge in [-0.25, -0.2) is 0 Å². The monoisotopic (exact) mass is 348 g/mol. The van der Waals surface area contributed by atoms with Gasteiger partial charge in [0.1, 0.15) is 17.6 Å². The molecular weight excluding hydrogens is 328 g/mol. The van der Waals surface area contributed by atoms with Crippen LogP contribution in [0, 0.1) is 0 Å². The van der Waals surface area contributed by atoms with E-state index in [9.17, 15) is 4.79 Å². The lowest BCUT2D eigenvalue weighted by Gasteiger charge is -2.22. The number of para-hydroxylation sites is 1. The van der Waals surface area contributed by atoms with Crippen LogP contribution in [-0.2, 0) is 16.1 Å². The van der Waals surface area contributed by atoms with Crippen molar-refractivity contribution in [2.75, 3.05) is 19.7 Å². The number of carbonyl (C=O) groups excluding carboxylic acids is 1. The number of hydrogen-bond acceptors (Lipinski definition) is 4. The van der Waals surface area contributed by atoms with Crippen LogP contribution in [0.25, 0.3) is 0 Å². The van der Waals surface area contributed by atoms with Crippen LogP contribution in [0.3, 0.4) is 0 Å². The normalized spacial score (nSPS) is 16.8. The number of rotatable bonds is 5. The summed E-state index contributed by atoms with van der Waals surface area (Å²) in [5, 5.41) is 6.04. The number of morpholine rings is 1. The smallest absolute Gasteiger partial charge is 0.250 e. The number of nitrogens with one attached hydrogen (secondary N) is 2. The molecule has 1 fully saturated rings. The van der Waals surface area contributed by atoms with Crippen LogP contribution in [-0.4, -0.2) is 31.7 Å². The quantitative estimate of drug-likeness (QED) is 0.871. The van der Waals surface area contributed by atoms with Crippen molar-refractivity contribution in [3.8, 4) is 11.5 Å². The van der Waals surface area contributed by atoms with E-state index in [1.54, 1.807) is 0 Å². The van der Waals surface area contributed by atoms with Crippen molar-refractivity contribution in [1.82, 2.24) is 10.6 Å². The number of benzene rings is 2. The Morgan fingerprint density at radius 3 is 2.71 bits per heavy atom. The Hall–Kier alpha value is -2.08. The fourth-order valence-corrected chi connectivity index (χ4v) is 2.38. The molecule has 5 nitrogen and oxygen atoms in total. The van der Waals surface area contributed by atoms with Gasteiger partial charge >= 0.3 is 0 Å². The average molecular weight is 349 g/mol. The molecule has 6 heteroatoms. The number of halogens is 1. The number of carbonyl (C=O) groups is 1. The Labute approximate surface area is 147 Å². The minimum atomic E-state index is -0.410. The second-order valence-corrected chi connectivity index (χ2v) is 5.34. The zero-order chi connectivity index (χ0) is 15.9. The summed E-state index contributed by atoms with van der Waals surface area (Å²) >= 11 is 0. The summed E-state index contributed by atoms with van der Waals surface area (Å²) in [6.45, 7) is 2.37. The predicted molar refractivity (Wildman–Crippen MR) is 94.7 cm³/mol. The van der Waals surface area contributed by atoms with Crippen molar-refractivity contribution in [2.24, 2.45) is 0 Å². The molecule has 1 unspecified atom stereocenters. The topological polar surface area (TPSA) is 59.6 Å². The molecule has 0 radical (unpaired) electrons. The highest BCUT2D eigenvalue weighted by molar-refractivity contribution is 5.85. The number of ether oxygens (including phenoxy) is 2. The van der Waals surface area contributed by atoms with Gasteiger partial charge in [-0.3, -0.25) is 4.79 Å². The van der Waals surface area contributed by atoms with Crippen LogP contribution in [0.5, 0.6) is 11.5 Å². The highest BCUT2D eigenvalue weighted by Gasteiger charge is 2.21. The summed E-state index contributed by atoms with van der Waals surface area (Å²) in [5.41, 5.74) is 0.982. The van der Waals surface area contributed by atoms with Gasteiger partial charge in [-0.05, 0) is 29.8 Å². The van der Waals surface area contributed by atoms with Gasteiger partial charge in [-0.2, -0.15) is 0 Å². The van der Waals surface area contributed by atoms with E-state index in [-0.39, 0.29) is 18.3 Å². The molecule has 0 bridgehead atoms. The van der Waals surface area contributed by atoms with Crippen LogP contribution in [0.1, 0.15) is 5.56 Å². The van der Waals surface area contributed by atoms with Crippen molar-refractivity contribution < 1.29 is 14.3 Å². The summed E-state index contributed by atoms with van der Waals surface area (Å²) in [5.74, 6) is 1.44. The third kappa shape index (κ3) is 5.23. The maximum atomic E-state index is 12.0. The molecule has 2 aromatic carbocycles. The molecule has 0 aliphatic carbocycles.